The second-order valence-corrected chi connectivity index (χ2v) is 4.15. The highest BCUT2D eigenvalue weighted by molar-refractivity contribution is 9.10. The monoisotopic (exact) mass is 255 g/mol. The quantitative estimate of drug-likeness (QED) is 0.774. The van der Waals surface area contributed by atoms with Crippen LogP contribution in [0, 0.1) is 0 Å². The van der Waals surface area contributed by atoms with Gasteiger partial charge in [-0.3, -0.25) is 4.79 Å². The molecule has 0 spiro atoms. The molecular weight excluding hydrogens is 242 g/mol. The van der Waals surface area contributed by atoms with Gasteiger partial charge in [0.2, 0.25) is 0 Å². The van der Waals surface area contributed by atoms with Crippen molar-refractivity contribution in [3.8, 4) is 0 Å². The zero-order chi connectivity index (χ0) is 10.7. The Bertz CT molecular complexity index is 349. The Morgan fingerprint density at radius 2 is 2.14 bits per heavy atom. The fourth-order valence-corrected chi connectivity index (χ4v) is 1.64. The SMILES string of the molecule is CCN(C)c1cc(Br)ccc1C(C)=O. The number of carbonyl (C=O) groups is 1. The summed E-state index contributed by atoms with van der Waals surface area (Å²) >= 11 is 3.40. The van der Waals surface area contributed by atoms with Crippen molar-refractivity contribution >= 4 is 27.4 Å². The van der Waals surface area contributed by atoms with Crippen molar-refractivity contribution in [2.75, 3.05) is 18.5 Å². The molecule has 1 aromatic rings. The van der Waals surface area contributed by atoms with Gasteiger partial charge in [0.1, 0.15) is 0 Å². The number of Topliss-reactive ketones (excluding diaryl/α,β-unsaturated/α-hetero) is 1. The summed E-state index contributed by atoms with van der Waals surface area (Å²) in [6.07, 6.45) is 0. The van der Waals surface area contributed by atoms with Crippen LogP contribution in [0.3, 0.4) is 0 Å². The molecule has 1 aromatic carbocycles. The predicted molar refractivity (Wildman–Crippen MR) is 63.1 cm³/mol. The number of hydrogen-bond acceptors (Lipinski definition) is 2. The van der Waals surface area contributed by atoms with E-state index in [1.54, 1.807) is 6.92 Å². The molecule has 76 valence electrons. The zero-order valence-corrected chi connectivity index (χ0v) is 10.3. The van der Waals surface area contributed by atoms with Crippen molar-refractivity contribution < 1.29 is 4.79 Å². The number of nitrogens with zero attached hydrogens (tertiary/aromatic N) is 1. The summed E-state index contributed by atoms with van der Waals surface area (Å²) in [4.78, 5) is 13.4. The smallest absolute Gasteiger partial charge is 0.161 e. The minimum atomic E-state index is 0.104. The Labute approximate surface area is 93.0 Å². The molecule has 0 aliphatic rings. The van der Waals surface area contributed by atoms with Gasteiger partial charge >= 0.3 is 0 Å². The second kappa shape index (κ2) is 4.60. The maximum atomic E-state index is 11.4. The number of halogens is 1. The molecule has 0 amide bonds. The van der Waals surface area contributed by atoms with Crippen LogP contribution in [0.5, 0.6) is 0 Å². The first kappa shape index (κ1) is 11.2. The number of benzene rings is 1. The van der Waals surface area contributed by atoms with Gasteiger partial charge in [-0.05, 0) is 32.0 Å². The fraction of sp³-hybridized carbons (Fsp3) is 0.364. The molecule has 0 heterocycles. The first-order chi connectivity index (χ1) is 6.56. The van der Waals surface area contributed by atoms with Gasteiger partial charge in [-0.1, -0.05) is 15.9 Å². The average molecular weight is 256 g/mol. The lowest BCUT2D eigenvalue weighted by Gasteiger charge is -2.19. The van der Waals surface area contributed by atoms with Crippen LogP contribution < -0.4 is 4.90 Å². The van der Waals surface area contributed by atoms with Crippen molar-refractivity contribution in [1.82, 2.24) is 0 Å². The van der Waals surface area contributed by atoms with Crippen LogP contribution in [-0.4, -0.2) is 19.4 Å². The molecule has 14 heavy (non-hydrogen) atoms. The number of anilines is 1. The first-order valence-corrected chi connectivity index (χ1v) is 5.37. The van der Waals surface area contributed by atoms with Crippen LogP contribution in [0.4, 0.5) is 5.69 Å². The molecule has 0 aromatic heterocycles. The number of ketones is 1. The standard InChI is InChI=1S/C11H14BrNO/c1-4-13(3)11-7-9(12)5-6-10(11)8(2)14/h5-7H,4H2,1-3H3. The lowest BCUT2D eigenvalue weighted by atomic mass is 10.1. The van der Waals surface area contributed by atoms with E-state index in [-0.39, 0.29) is 5.78 Å². The van der Waals surface area contributed by atoms with Gasteiger partial charge in [-0.25, -0.2) is 0 Å². The van der Waals surface area contributed by atoms with Gasteiger partial charge in [0.25, 0.3) is 0 Å². The van der Waals surface area contributed by atoms with Gasteiger partial charge in [-0.15, -0.1) is 0 Å². The van der Waals surface area contributed by atoms with Crippen LogP contribution in [0.15, 0.2) is 22.7 Å². The molecule has 0 unspecified atom stereocenters. The first-order valence-electron chi connectivity index (χ1n) is 4.58. The van der Waals surface area contributed by atoms with E-state index in [2.05, 4.69) is 27.8 Å². The van der Waals surface area contributed by atoms with Gasteiger partial charge in [-0.2, -0.15) is 0 Å². The Morgan fingerprint density at radius 1 is 1.50 bits per heavy atom. The highest BCUT2D eigenvalue weighted by Gasteiger charge is 2.10. The van der Waals surface area contributed by atoms with E-state index >= 15 is 0 Å². The lowest BCUT2D eigenvalue weighted by molar-refractivity contribution is 0.101. The van der Waals surface area contributed by atoms with Crippen LogP contribution in [0.2, 0.25) is 0 Å². The number of rotatable bonds is 3. The van der Waals surface area contributed by atoms with E-state index < -0.39 is 0 Å². The molecule has 3 heteroatoms. The van der Waals surface area contributed by atoms with E-state index in [1.165, 1.54) is 0 Å². The largest absolute Gasteiger partial charge is 0.374 e. The van der Waals surface area contributed by atoms with E-state index in [0.717, 1.165) is 22.3 Å². The van der Waals surface area contributed by atoms with Gasteiger partial charge in [0, 0.05) is 29.3 Å². The molecule has 0 atom stereocenters. The summed E-state index contributed by atoms with van der Waals surface area (Å²) < 4.78 is 0.998. The van der Waals surface area contributed by atoms with Crippen molar-refractivity contribution in [3.05, 3.63) is 28.2 Å². The minimum Gasteiger partial charge on any atom is -0.374 e. The molecule has 2 nitrogen and oxygen atoms in total. The van der Waals surface area contributed by atoms with Gasteiger partial charge in [0.15, 0.2) is 5.78 Å². The van der Waals surface area contributed by atoms with Crippen LogP contribution in [-0.2, 0) is 0 Å². The molecule has 0 fully saturated rings. The Morgan fingerprint density at radius 3 is 2.64 bits per heavy atom. The van der Waals surface area contributed by atoms with E-state index in [9.17, 15) is 4.79 Å². The van der Waals surface area contributed by atoms with Crippen LogP contribution in [0.1, 0.15) is 24.2 Å². The maximum absolute atomic E-state index is 11.4. The van der Waals surface area contributed by atoms with Crippen molar-refractivity contribution in [2.24, 2.45) is 0 Å². The van der Waals surface area contributed by atoms with E-state index in [4.69, 9.17) is 0 Å². The highest BCUT2D eigenvalue weighted by Crippen LogP contribution is 2.24. The Hall–Kier alpha value is -0.830. The number of carbonyl (C=O) groups excluding carboxylic acids is 1. The molecule has 0 N–H and O–H groups in total. The summed E-state index contributed by atoms with van der Waals surface area (Å²) in [6, 6.07) is 5.72. The van der Waals surface area contributed by atoms with Crippen molar-refractivity contribution in [3.63, 3.8) is 0 Å². The number of hydrogen-bond donors (Lipinski definition) is 0. The molecule has 0 saturated carbocycles. The van der Waals surface area contributed by atoms with Gasteiger partial charge < -0.3 is 4.90 Å². The second-order valence-electron chi connectivity index (χ2n) is 3.23. The summed E-state index contributed by atoms with van der Waals surface area (Å²) in [5, 5.41) is 0. The topological polar surface area (TPSA) is 20.3 Å². The highest BCUT2D eigenvalue weighted by atomic mass is 79.9. The third-order valence-electron chi connectivity index (χ3n) is 2.22. The third-order valence-corrected chi connectivity index (χ3v) is 2.72. The lowest BCUT2D eigenvalue weighted by Crippen LogP contribution is -2.18. The Kier molecular flexibility index (Phi) is 3.69. The molecule has 0 radical (unpaired) electrons. The summed E-state index contributed by atoms with van der Waals surface area (Å²) in [5.74, 6) is 0.104. The predicted octanol–water partition coefficient (Wildman–Crippen LogP) is 3.11. The molecule has 0 saturated heterocycles. The summed E-state index contributed by atoms with van der Waals surface area (Å²) in [6.45, 7) is 4.54. The normalized spacial score (nSPS) is 10.0. The molecular formula is C11H14BrNO. The Balaban J connectivity index is 3.22. The summed E-state index contributed by atoms with van der Waals surface area (Å²) in [5.41, 5.74) is 1.76. The van der Waals surface area contributed by atoms with Crippen molar-refractivity contribution in [2.45, 2.75) is 13.8 Å². The molecule has 0 aliphatic heterocycles. The van der Waals surface area contributed by atoms with Crippen LogP contribution >= 0.6 is 15.9 Å². The van der Waals surface area contributed by atoms with Crippen LogP contribution in [0.25, 0.3) is 0 Å². The molecule has 0 bridgehead atoms. The van der Waals surface area contributed by atoms with E-state index in [0.29, 0.717) is 0 Å². The average Bonchev–Trinajstić information content (AvgIpc) is 2.16. The molecule has 0 aliphatic carbocycles. The van der Waals surface area contributed by atoms with Crippen molar-refractivity contribution in [1.29, 1.82) is 0 Å². The van der Waals surface area contributed by atoms with E-state index in [1.807, 2.05) is 25.2 Å². The fourth-order valence-electron chi connectivity index (χ4n) is 1.29. The molecule has 1 rings (SSSR count). The zero-order valence-electron chi connectivity index (χ0n) is 8.67. The third kappa shape index (κ3) is 2.35. The van der Waals surface area contributed by atoms with Gasteiger partial charge in [0.05, 0.1) is 0 Å². The maximum Gasteiger partial charge on any atom is 0.161 e. The summed E-state index contributed by atoms with van der Waals surface area (Å²) in [7, 11) is 1.98. The minimum absolute atomic E-state index is 0.104.